The van der Waals surface area contributed by atoms with Crippen molar-refractivity contribution in [2.45, 2.75) is 32.7 Å². The molecule has 0 amide bonds. The summed E-state index contributed by atoms with van der Waals surface area (Å²) in [6.45, 7) is 3.95. The Hall–Kier alpha value is -2.04. The minimum Gasteiger partial charge on any atom is -0.360 e. The molecule has 1 aliphatic rings. The molecule has 2 aromatic rings. The van der Waals surface area contributed by atoms with Gasteiger partial charge in [-0.15, -0.1) is 0 Å². The van der Waals surface area contributed by atoms with E-state index in [1.165, 1.54) is 12.8 Å². The van der Waals surface area contributed by atoms with Crippen molar-refractivity contribution in [1.82, 2.24) is 19.9 Å². The number of aryl methyl sites for hydroxylation is 2. The van der Waals surface area contributed by atoms with Gasteiger partial charge in [-0.2, -0.15) is 0 Å². The highest BCUT2D eigenvalue weighted by molar-refractivity contribution is 5.37. The smallest absolute Gasteiger partial charge is 0.151 e. The highest BCUT2D eigenvalue weighted by Gasteiger charge is 2.34. The Bertz CT molecular complexity index is 580. The molecular weight excluding hydrogens is 238 g/mol. The van der Waals surface area contributed by atoms with Crippen LogP contribution in [0.15, 0.2) is 24.7 Å². The SMILES string of the molecule is Cc1cc(N[C@H](c2nccc(C)n2)C2CC2)ncn1. The van der Waals surface area contributed by atoms with E-state index in [9.17, 15) is 0 Å². The van der Waals surface area contributed by atoms with Gasteiger partial charge in [0.25, 0.3) is 0 Å². The van der Waals surface area contributed by atoms with Crippen LogP contribution in [0.25, 0.3) is 0 Å². The molecule has 1 fully saturated rings. The van der Waals surface area contributed by atoms with Crippen LogP contribution in [0.4, 0.5) is 5.82 Å². The first kappa shape index (κ1) is 12.0. The van der Waals surface area contributed by atoms with E-state index in [0.717, 1.165) is 23.0 Å². The number of anilines is 1. The summed E-state index contributed by atoms with van der Waals surface area (Å²) >= 11 is 0. The van der Waals surface area contributed by atoms with Gasteiger partial charge in [-0.25, -0.2) is 19.9 Å². The van der Waals surface area contributed by atoms with Gasteiger partial charge < -0.3 is 5.32 Å². The van der Waals surface area contributed by atoms with Crippen molar-refractivity contribution in [1.29, 1.82) is 0 Å². The predicted molar refractivity (Wildman–Crippen MR) is 72.6 cm³/mol. The Morgan fingerprint density at radius 2 is 2.00 bits per heavy atom. The second-order valence-corrected chi connectivity index (χ2v) is 5.06. The van der Waals surface area contributed by atoms with Crippen LogP contribution >= 0.6 is 0 Å². The molecule has 5 heteroatoms. The van der Waals surface area contributed by atoms with Crippen LogP contribution in [-0.4, -0.2) is 19.9 Å². The minimum atomic E-state index is 0.147. The molecule has 0 spiro atoms. The third-order valence-electron chi connectivity index (χ3n) is 3.29. The van der Waals surface area contributed by atoms with E-state index >= 15 is 0 Å². The molecule has 19 heavy (non-hydrogen) atoms. The molecular formula is C14H17N5. The first-order valence-corrected chi connectivity index (χ1v) is 6.57. The summed E-state index contributed by atoms with van der Waals surface area (Å²) in [7, 11) is 0. The summed E-state index contributed by atoms with van der Waals surface area (Å²) in [5.41, 5.74) is 1.95. The van der Waals surface area contributed by atoms with Gasteiger partial charge in [0.1, 0.15) is 12.1 Å². The Morgan fingerprint density at radius 1 is 1.16 bits per heavy atom. The van der Waals surface area contributed by atoms with Crippen molar-refractivity contribution in [2.75, 3.05) is 5.32 Å². The molecule has 1 saturated carbocycles. The Morgan fingerprint density at radius 3 is 2.68 bits per heavy atom. The van der Waals surface area contributed by atoms with Gasteiger partial charge in [0.05, 0.1) is 6.04 Å². The molecule has 2 aromatic heterocycles. The number of hydrogen-bond donors (Lipinski definition) is 1. The summed E-state index contributed by atoms with van der Waals surface area (Å²) in [6, 6.07) is 4.02. The van der Waals surface area contributed by atoms with E-state index < -0.39 is 0 Å². The van der Waals surface area contributed by atoms with Crippen molar-refractivity contribution < 1.29 is 0 Å². The first-order valence-electron chi connectivity index (χ1n) is 6.57. The third kappa shape index (κ3) is 2.86. The summed E-state index contributed by atoms with van der Waals surface area (Å²) in [6.07, 6.45) is 5.84. The Kier molecular flexibility index (Phi) is 3.11. The number of nitrogens with zero attached hydrogens (tertiary/aromatic N) is 4. The summed E-state index contributed by atoms with van der Waals surface area (Å²) < 4.78 is 0. The van der Waals surface area contributed by atoms with Crippen LogP contribution < -0.4 is 5.32 Å². The van der Waals surface area contributed by atoms with Gasteiger partial charge in [0.15, 0.2) is 5.82 Å². The van der Waals surface area contributed by atoms with Crippen LogP contribution in [0.3, 0.4) is 0 Å². The van der Waals surface area contributed by atoms with E-state index in [1.54, 1.807) is 6.33 Å². The van der Waals surface area contributed by atoms with Crippen LogP contribution in [0.2, 0.25) is 0 Å². The molecule has 1 N–H and O–H groups in total. The lowest BCUT2D eigenvalue weighted by Gasteiger charge is -2.17. The van der Waals surface area contributed by atoms with Crippen LogP contribution in [-0.2, 0) is 0 Å². The molecule has 5 nitrogen and oxygen atoms in total. The van der Waals surface area contributed by atoms with Crippen LogP contribution in [0, 0.1) is 19.8 Å². The third-order valence-corrected chi connectivity index (χ3v) is 3.29. The van der Waals surface area contributed by atoms with Gasteiger partial charge in [-0.3, -0.25) is 0 Å². The van der Waals surface area contributed by atoms with Gasteiger partial charge >= 0.3 is 0 Å². The maximum absolute atomic E-state index is 4.54. The van der Waals surface area contributed by atoms with Crippen molar-refractivity contribution >= 4 is 5.82 Å². The lowest BCUT2D eigenvalue weighted by molar-refractivity contribution is 0.628. The molecule has 0 aliphatic heterocycles. The average molecular weight is 255 g/mol. The number of hydrogen-bond acceptors (Lipinski definition) is 5. The number of nitrogens with one attached hydrogen (secondary N) is 1. The largest absolute Gasteiger partial charge is 0.360 e. The van der Waals surface area contributed by atoms with Gasteiger partial charge in [0.2, 0.25) is 0 Å². The predicted octanol–water partition coefficient (Wildman–Crippen LogP) is 2.45. The second-order valence-electron chi connectivity index (χ2n) is 5.06. The quantitative estimate of drug-likeness (QED) is 0.909. The molecule has 0 aromatic carbocycles. The molecule has 0 bridgehead atoms. The second kappa shape index (κ2) is 4.91. The lowest BCUT2D eigenvalue weighted by atomic mass is 10.1. The number of aromatic nitrogens is 4. The van der Waals surface area contributed by atoms with Crippen LogP contribution in [0.5, 0.6) is 0 Å². The van der Waals surface area contributed by atoms with Gasteiger partial charge in [-0.05, 0) is 38.7 Å². The zero-order valence-electron chi connectivity index (χ0n) is 11.2. The van der Waals surface area contributed by atoms with Gasteiger partial charge in [0, 0.05) is 23.7 Å². The summed E-state index contributed by atoms with van der Waals surface area (Å²) in [5.74, 6) is 2.31. The zero-order valence-corrected chi connectivity index (χ0v) is 11.2. The van der Waals surface area contributed by atoms with E-state index in [1.807, 2.05) is 32.2 Å². The van der Waals surface area contributed by atoms with Crippen molar-refractivity contribution in [3.8, 4) is 0 Å². The van der Waals surface area contributed by atoms with Crippen molar-refractivity contribution in [3.63, 3.8) is 0 Å². The first-order chi connectivity index (χ1) is 9.22. The molecule has 3 rings (SSSR count). The molecule has 0 saturated heterocycles. The van der Waals surface area contributed by atoms with E-state index in [2.05, 4.69) is 25.3 Å². The fourth-order valence-corrected chi connectivity index (χ4v) is 2.13. The highest BCUT2D eigenvalue weighted by atomic mass is 15.1. The van der Waals surface area contributed by atoms with Crippen LogP contribution in [0.1, 0.15) is 36.1 Å². The maximum Gasteiger partial charge on any atom is 0.151 e. The molecule has 1 aliphatic carbocycles. The average Bonchev–Trinajstić information content (AvgIpc) is 3.20. The highest BCUT2D eigenvalue weighted by Crippen LogP contribution is 2.41. The monoisotopic (exact) mass is 255 g/mol. The molecule has 2 heterocycles. The van der Waals surface area contributed by atoms with Crippen molar-refractivity contribution in [3.05, 3.63) is 41.9 Å². The zero-order chi connectivity index (χ0) is 13.2. The van der Waals surface area contributed by atoms with Crippen molar-refractivity contribution in [2.24, 2.45) is 5.92 Å². The fourth-order valence-electron chi connectivity index (χ4n) is 2.13. The maximum atomic E-state index is 4.54. The fraction of sp³-hybridized carbons (Fsp3) is 0.429. The molecule has 0 unspecified atom stereocenters. The van der Waals surface area contributed by atoms with E-state index in [4.69, 9.17) is 0 Å². The molecule has 98 valence electrons. The minimum absolute atomic E-state index is 0.147. The summed E-state index contributed by atoms with van der Waals surface area (Å²) in [5, 5.41) is 3.45. The van der Waals surface area contributed by atoms with E-state index in [0.29, 0.717) is 5.92 Å². The Labute approximate surface area is 112 Å². The standard InChI is InChI=1S/C14H17N5/c1-9-5-6-15-14(18-9)13(11-3-4-11)19-12-7-10(2)16-8-17-12/h5-8,11,13H,3-4H2,1-2H3,(H,16,17,19)/t13-/m0/s1. The molecule has 0 radical (unpaired) electrons. The van der Waals surface area contributed by atoms with E-state index in [-0.39, 0.29) is 6.04 Å². The normalized spacial score (nSPS) is 16.1. The lowest BCUT2D eigenvalue weighted by Crippen LogP contribution is -2.17. The topological polar surface area (TPSA) is 63.6 Å². The van der Waals surface area contributed by atoms with Gasteiger partial charge in [-0.1, -0.05) is 0 Å². The number of rotatable bonds is 4. The summed E-state index contributed by atoms with van der Waals surface area (Å²) in [4.78, 5) is 17.3. The molecule has 1 atom stereocenters. The Balaban J connectivity index is 1.86.